The highest BCUT2D eigenvalue weighted by Crippen LogP contribution is 2.39. The maximum absolute atomic E-state index is 6.55. The lowest BCUT2D eigenvalue weighted by atomic mass is 9.74. The zero-order valence-electron chi connectivity index (χ0n) is 14.7. The van der Waals surface area contributed by atoms with E-state index in [0.717, 1.165) is 24.9 Å². The summed E-state index contributed by atoms with van der Waals surface area (Å²) in [6.07, 6.45) is 6.67. The Morgan fingerprint density at radius 1 is 1.10 bits per heavy atom. The molecule has 2 heteroatoms. The van der Waals surface area contributed by atoms with Crippen LogP contribution < -0.4 is 5.32 Å². The molecule has 0 aromatic carbocycles. The molecule has 0 heterocycles. The van der Waals surface area contributed by atoms with Crippen LogP contribution in [0.1, 0.15) is 73.6 Å². The maximum atomic E-state index is 6.55. The summed E-state index contributed by atoms with van der Waals surface area (Å²) in [5, 5.41) is 3.61. The molecule has 0 spiro atoms. The van der Waals surface area contributed by atoms with Crippen LogP contribution in [0.4, 0.5) is 0 Å². The van der Waals surface area contributed by atoms with Crippen LogP contribution in [-0.2, 0) is 4.74 Å². The Labute approximate surface area is 127 Å². The molecule has 1 rings (SSSR count). The van der Waals surface area contributed by atoms with E-state index in [-0.39, 0.29) is 5.60 Å². The molecule has 1 atom stereocenters. The monoisotopic (exact) mass is 283 g/mol. The van der Waals surface area contributed by atoms with E-state index in [4.69, 9.17) is 4.74 Å². The standard InChI is InChI=1S/C18H37NO/c1-7-12-19-13-18(20-16(6)14(2)3)10-8-17(9-11-18)15(4)5/h14-17,19H,7-13H2,1-6H3. The van der Waals surface area contributed by atoms with Crippen LogP contribution in [-0.4, -0.2) is 24.8 Å². The van der Waals surface area contributed by atoms with Crippen LogP contribution in [0, 0.1) is 17.8 Å². The molecule has 1 aliphatic carbocycles. The average Bonchev–Trinajstić information content (AvgIpc) is 2.39. The zero-order chi connectivity index (χ0) is 15.2. The number of nitrogens with one attached hydrogen (secondary N) is 1. The third kappa shape index (κ3) is 5.37. The SMILES string of the molecule is CCCNCC1(OC(C)C(C)C)CCC(C(C)C)CC1. The first-order valence-electron chi connectivity index (χ1n) is 8.78. The topological polar surface area (TPSA) is 21.3 Å². The van der Waals surface area contributed by atoms with Gasteiger partial charge in [-0.15, -0.1) is 0 Å². The second-order valence-electron chi connectivity index (χ2n) is 7.51. The van der Waals surface area contributed by atoms with Crippen molar-refractivity contribution in [2.24, 2.45) is 17.8 Å². The highest BCUT2D eigenvalue weighted by atomic mass is 16.5. The molecule has 0 aromatic heterocycles. The van der Waals surface area contributed by atoms with E-state index >= 15 is 0 Å². The van der Waals surface area contributed by atoms with Crippen molar-refractivity contribution in [1.82, 2.24) is 5.32 Å². The summed E-state index contributed by atoms with van der Waals surface area (Å²) in [5.41, 5.74) is 0.0875. The Kier molecular flexibility index (Phi) is 7.53. The Hall–Kier alpha value is -0.0800. The van der Waals surface area contributed by atoms with Crippen LogP contribution in [0.15, 0.2) is 0 Å². The summed E-state index contributed by atoms with van der Waals surface area (Å²) in [7, 11) is 0. The van der Waals surface area contributed by atoms with E-state index in [2.05, 4.69) is 46.9 Å². The minimum absolute atomic E-state index is 0.0875. The van der Waals surface area contributed by atoms with Crippen molar-refractivity contribution in [2.45, 2.75) is 85.4 Å². The van der Waals surface area contributed by atoms with Gasteiger partial charge in [-0.2, -0.15) is 0 Å². The van der Waals surface area contributed by atoms with Gasteiger partial charge in [-0.05, 0) is 63.3 Å². The lowest BCUT2D eigenvalue weighted by Gasteiger charge is -2.43. The van der Waals surface area contributed by atoms with Crippen molar-refractivity contribution in [3.05, 3.63) is 0 Å². The zero-order valence-corrected chi connectivity index (χ0v) is 14.7. The molecule has 0 radical (unpaired) electrons. The minimum Gasteiger partial charge on any atom is -0.370 e. The van der Waals surface area contributed by atoms with E-state index in [1.165, 1.54) is 32.1 Å². The molecule has 1 aliphatic rings. The summed E-state index contributed by atoms with van der Waals surface area (Å²) >= 11 is 0. The summed E-state index contributed by atoms with van der Waals surface area (Å²) in [5.74, 6) is 2.31. The Morgan fingerprint density at radius 3 is 2.15 bits per heavy atom. The molecule has 1 unspecified atom stereocenters. The Bertz CT molecular complexity index is 254. The third-order valence-corrected chi connectivity index (χ3v) is 5.13. The summed E-state index contributed by atoms with van der Waals surface area (Å²) in [6.45, 7) is 15.9. The third-order valence-electron chi connectivity index (χ3n) is 5.13. The lowest BCUT2D eigenvalue weighted by molar-refractivity contribution is -0.127. The molecule has 0 amide bonds. The van der Waals surface area contributed by atoms with Crippen LogP contribution in [0.5, 0.6) is 0 Å². The summed E-state index contributed by atoms with van der Waals surface area (Å²) in [6, 6.07) is 0. The van der Waals surface area contributed by atoms with Gasteiger partial charge < -0.3 is 10.1 Å². The maximum Gasteiger partial charge on any atom is 0.0810 e. The largest absolute Gasteiger partial charge is 0.370 e. The fourth-order valence-electron chi connectivity index (χ4n) is 3.19. The van der Waals surface area contributed by atoms with Crippen LogP contribution in [0.2, 0.25) is 0 Å². The predicted molar refractivity (Wildman–Crippen MR) is 88.1 cm³/mol. The van der Waals surface area contributed by atoms with Gasteiger partial charge in [0.1, 0.15) is 0 Å². The van der Waals surface area contributed by atoms with Crippen LogP contribution >= 0.6 is 0 Å². The highest BCUT2D eigenvalue weighted by Gasteiger charge is 2.38. The molecule has 2 nitrogen and oxygen atoms in total. The second kappa shape index (κ2) is 8.38. The number of hydrogen-bond acceptors (Lipinski definition) is 2. The van der Waals surface area contributed by atoms with Gasteiger partial charge in [0.15, 0.2) is 0 Å². The summed E-state index contributed by atoms with van der Waals surface area (Å²) < 4.78 is 6.55. The molecule has 0 bridgehead atoms. The predicted octanol–water partition coefficient (Wildman–Crippen LogP) is 4.63. The highest BCUT2D eigenvalue weighted by molar-refractivity contribution is 4.91. The smallest absolute Gasteiger partial charge is 0.0810 e. The van der Waals surface area contributed by atoms with E-state index in [1.54, 1.807) is 0 Å². The number of ether oxygens (including phenoxy) is 1. The molecule has 0 saturated heterocycles. The molecule has 20 heavy (non-hydrogen) atoms. The van der Waals surface area contributed by atoms with Gasteiger partial charge in [-0.1, -0.05) is 34.6 Å². The first-order valence-corrected chi connectivity index (χ1v) is 8.78. The Balaban J connectivity index is 2.61. The fourth-order valence-corrected chi connectivity index (χ4v) is 3.19. The number of hydrogen-bond donors (Lipinski definition) is 1. The quantitative estimate of drug-likeness (QED) is 0.656. The molecule has 0 aromatic rings. The number of rotatable bonds is 8. The van der Waals surface area contributed by atoms with E-state index in [1.807, 2.05) is 0 Å². The van der Waals surface area contributed by atoms with Gasteiger partial charge in [0.2, 0.25) is 0 Å². The second-order valence-corrected chi connectivity index (χ2v) is 7.51. The molecule has 1 saturated carbocycles. The van der Waals surface area contributed by atoms with Crippen molar-refractivity contribution in [3.63, 3.8) is 0 Å². The van der Waals surface area contributed by atoms with E-state index in [9.17, 15) is 0 Å². The lowest BCUT2D eigenvalue weighted by Crippen LogP contribution is -2.49. The van der Waals surface area contributed by atoms with Crippen molar-refractivity contribution in [3.8, 4) is 0 Å². The molecule has 120 valence electrons. The van der Waals surface area contributed by atoms with Crippen LogP contribution in [0.25, 0.3) is 0 Å². The van der Waals surface area contributed by atoms with Crippen molar-refractivity contribution >= 4 is 0 Å². The van der Waals surface area contributed by atoms with Crippen molar-refractivity contribution in [1.29, 1.82) is 0 Å². The first-order chi connectivity index (χ1) is 9.40. The minimum atomic E-state index is 0.0875. The van der Waals surface area contributed by atoms with Gasteiger partial charge in [0.25, 0.3) is 0 Å². The van der Waals surface area contributed by atoms with Crippen molar-refractivity contribution < 1.29 is 4.74 Å². The Morgan fingerprint density at radius 2 is 1.70 bits per heavy atom. The first kappa shape index (κ1) is 18.0. The molecule has 1 N–H and O–H groups in total. The average molecular weight is 284 g/mol. The fraction of sp³-hybridized carbons (Fsp3) is 1.00. The summed E-state index contributed by atoms with van der Waals surface area (Å²) in [4.78, 5) is 0. The van der Waals surface area contributed by atoms with Gasteiger partial charge in [0, 0.05) is 6.54 Å². The van der Waals surface area contributed by atoms with E-state index in [0.29, 0.717) is 12.0 Å². The van der Waals surface area contributed by atoms with Crippen LogP contribution in [0.3, 0.4) is 0 Å². The van der Waals surface area contributed by atoms with Gasteiger partial charge >= 0.3 is 0 Å². The molecular weight excluding hydrogens is 246 g/mol. The van der Waals surface area contributed by atoms with E-state index < -0.39 is 0 Å². The molecule has 1 fully saturated rings. The van der Waals surface area contributed by atoms with Gasteiger partial charge in [0.05, 0.1) is 11.7 Å². The van der Waals surface area contributed by atoms with Gasteiger partial charge in [-0.3, -0.25) is 0 Å². The normalized spacial score (nSPS) is 29.1. The molecular formula is C18H37NO. The van der Waals surface area contributed by atoms with Crippen molar-refractivity contribution in [2.75, 3.05) is 13.1 Å². The van der Waals surface area contributed by atoms with Gasteiger partial charge in [-0.25, -0.2) is 0 Å². The molecule has 0 aliphatic heterocycles.